The molecule has 0 aromatic carbocycles. The highest BCUT2D eigenvalue weighted by molar-refractivity contribution is 5.84. The van der Waals surface area contributed by atoms with Gasteiger partial charge in [-0.1, -0.05) is 11.6 Å². The molecule has 1 aliphatic heterocycles. The Kier molecular flexibility index (Phi) is 2.81. The second-order valence-electron chi connectivity index (χ2n) is 4.31. The number of rotatable bonds is 2. The topological polar surface area (TPSA) is 38.1 Å². The smallest absolute Gasteiger partial charge is 0.155 e. The lowest BCUT2D eigenvalue weighted by Gasteiger charge is -2.27. The van der Waals surface area contributed by atoms with Crippen LogP contribution in [-0.4, -0.2) is 29.2 Å². The van der Waals surface area contributed by atoms with E-state index in [9.17, 15) is 4.79 Å². The molecule has 0 radical (unpaired) electrons. The third kappa shape index (κ3) is 1.75. The average molecular weight is 219 g/mol. The van der Waals surface area contributed by atoms with E-state index in [4.69, 9.17) is 0 Å². The minimum Gasteiger partial charge on any atom is -0.352 e. The van der Waals surface area contributed by atoms with E-state index in [2.05, 4.69) is 23.0 Å². The summed E-state index contributed by atoms with van der Waals surface area (Å²) in [4.78, 5) is 13.3. The van der Waals surface area contributed by atoms with Gasteiger partial charge >= 0.3 is 0 Å². The fraction of sp³-hybridized carbons (Fsp3) is 0.500. The van der Waals surface area contributed by atoms with Crippen LogP contribution < -0.4 is 4.90 Å². The van der Waals surface area contributed by atoms with Crippen LogP contribution in [0.3, 0.4) is 0 Å². The lowest BCUT2D eigenvalue weighted by Crippen LogP contribution is -2.30. The van der Waals surface area contributed by atoms with E-state index < -0.39 is 0 Å². The molecule has 1 aromatic heterocycles. The van der Waals surface area contributed by atoms with Gasteiger partial charge in [0.05, 0.1) is 11.3 Å². The maximum absolute atomic E-state index is 11.1. The van der Waals surface area contributed by atoms with Crippen molar-refractivity contribution < 1.29 is 4.79 Å². The first-order valence-corrected chi connectivity index (χ1v) is 5.53. The van der Waals surface area contributed by atoms with Crippen molar-refractivity contribution in [2.24, 2.45) is 7.05 Å². The highest BCUT2D eigenvalue weighted by Crippen LogP contribution is 2.24. The Balaban J connectivity index is 2.37. The summed E-state index contributed by atoms with van der Waals surface area (Å²) in [6.07, 6.45) is 4.17. The van der Waals surface area contributed by atoms with Crippen LogP contribution in [0.25, 0.3) is 0 Å². The van der Waals surface area contributed by atoms with Crippen LogP contribution in [0.15, 0.2) is 11.6 Å². The zero-order chi connectivity index (χ0) is 11.7. The minimum absolute atomic E-state index is 0.718. The monoisotopic (exact) mass is 219 g/mol. The summed E-state index contributed by atoms with van der Waals surface area (Å²) in [7, 11) is 1.89. The van der Waals surface area contributed by atoms with Crippen molar-refractivity contribution >= 4 is 12.1 Å². The Morgan fingerprint density at radius 2 is 2.19 bits per heavy atom. The van der Waals surface area contributed by atoms with Crippen LogP contribution in [0, 0.1) is 6.92 Å². The van der Waals surface area contributed by atoms with Gasteiger partial charge in [-0.2, -0.15) is 5.10 Å². The molecule has 0 aliphatic carbocycles. The van der Waals surface area contributed by atoms with Crippen molar-refractivity contribution in [3.8, 4) is 0 Å². The predicted octanol–water partition coefficient (Wildman–Crippen LogP) is 1.70. The van der Waals surface area contributed by atoms with Crippen LogP contribution in [0.4, 0.5) is 5.82 Å². The van der Waals surface area contributed by atoms with Crippen LogP contribution in [0.1, 0.15) is 29.4 Å². The van der Waals surface area contributed by atoms with Gasteiger partial charge in [0.2, 0.25) is 0 Å². The molecule has 2 rings (SSSR count). The minimum atomic E-state index is 0.718. The molecule has 0 spiro atoms. The molecule has 0 amide bonds. The second kappa shape index (κ2) is 4.12. The number of aldehydes is 1. The van der Waals surface area contributed by atoms with E-state index in [1.54, 1.807) is 4.68 Å². The normalized spacial score (nSPS) is 16.2. The summed E-state index contributed by atoms with van der Waals surface area (Å²) in [6.45, 7) is 5.85. The number of hydrogen-bond acceptors (Lipinski definition) is 3. The van der Waals surface area contributed by atoms with Gasteiger partial charge in [-0.15, -0.1) is 0 Å². The highest BCUT2D eigenvalue weighted by Gasteiger charge is 2.19. The summed E-state index contributed by atoms with van der Waals surface area (Å²) in [6, 6.07) is 0. The van der Waals surface area contributed by atoms with E-state index in [0.29, 0.717) is 0 Å². The van der Waals surface area contributed by atoms with E-state index >= 15 is 0 Å². The molecule has 1 aliphatic rings. The van der Waals surface area contributed by atoms with Gasteiger partial charge in [-0.3, -0.25) is 9.48 Å². The molecule has 0 saturated heterocycles. The highest BCUT2D eigenvalue weighted by atomic mass is 16.1. The van der Waals surface area contributed by atoms with Gasteiger partial charge in [-0.25, -0.2) is 0 Å². The van der Waals surface area contributed by atoms with Gasteiger partial charge in [0.15, 0.2) is 6.29 Å². The van der Waals surface area contributed by atoms with Crippen LogP contribution in [0.2, 0.25) is 0 Å². The summed E-state index contributed by atoms with van der Waals surface area (Å²) in [5.41, 5.74) is 2.94. The summed E-state index contributed by atoms with van der Waals surface area (Å²) in [5, 5.41) is 4.30. The summed E-state index contributed by atoms with van der Waals surface area (Å²) in [5.74, 6) is 0.941. The number of carbonyl (C=O) groups excluding carboxylic acids is 1. The molecule has 86 valence electrons. The molecular weight excluding hydrogens is 202 g/mol. The fourth-order valence-corrected chi connectivity index (χ4v) is 2.14. The molecule has 0 N–H and O–H groups in total. The average Bonchev–Trinajstić information content (AvgIpc) is 2.54. The van der Waals surface area contributed by atoms with Gasteiger partial charge in [-0.05, 0) is 20.3 Å². The Hall–Kier alpha value is -1.58. The van der Waals surface area contributed by atoms with Crippen molar-refractivity contribution in [1.29, 1.82) is 0 Å². The molecule has 0 fully saturated rings. The molecular formula is C12H17N3O. The molecule has 2 heterocycles. The number of aromatic nitrogens is 2. The largest absolute Gasteiger partial charge is 0.352 e. The van der Waals surface area contributed by atoms with Crippen molar-refractivity contribution in [3.63, 3.8) is 0 Å². The first kappa shape index (κ1) is 10.9. The molecule has 4 nitrogen and oxygen atoms in total. The fourth-order valence-electron chi connectivity index (χ4n) is 2.14. The number of nitrogens with zero attached hydrogens (tertiary/aromatic N) is 3. The quantitative estimate of drug-likeness (QED) is 0.561. The SMILES string of the molecule is CC1=CCN(c2c(C=O)c(C)nn2C)CC1. The van der Waals surface area contributed by atoms with Crippen molar-refractivity contribution in [1.82, 2.24) is 9.78 Å². The Bertz CT molecular complexity index is 445. The van der Waals surface area contributed by atoms with Gasteiger partial charge in [0.1, 0.15) is 5.82 Å². The van der Waals surface area contributed by atoms with E-state index in [1.165, 1.54) is 5.57 Å². The van der Waals surface area contributed by atoms with Crippen LogP contribution >= 0.6 is 0 Å². The van der Waals surface area contributed by atoms with E-state index in [1.807, 2.05) is 14.0 Å². The number of aryl methyl sites for hydroxylation is 2. The van der Waals surface area contributed by atoms with Gasteiger partial charge < -0.3 is 4.90 Å². The Morgan fingerprint density at radius 3 is 2.75 bits per heavy atom. The predicted molar refractivity (Wildman–Crippen MR) is 63.9 cm³/mol. The van der Waals surface area contributed by atoms with Crippen molar-refractivity contribution in [3.05, 3.63) is 22.9 Å². The number of carbonyl (C=O) groups is 1. The molecule has 0 atom stereocenters. The molecule has 16 heavy (non-hydrogen) atoms. The van der Waals surface area contributed by atoms with Crippen LogP contribution in [0.5, 0.6) is 0 Å². The number of anilines is 1. The first-order valence-electron chi connectivity index (χ1n) is 5.53. The molecule has 0 unspecified atom stereocenters. The lowest BCUT2D eigenvalue weighted by molar-refractivity contribution is 0.112. The maximum atomic E-state index is 11.1. The van der Waals surface area contributed by atoms with Crippen LogP contribution in [-0.2, 0) is 7.05 Å². The Labute approximate surface area is 95.5 Å². The zero-order valence-electron chi connectivity index (χ0n) is 10.0. The van der Waals surface area contributed by atoms with Gasteiger partial charge in [0, 0.05) is 20.1 Å². The zero-order valence-corrected chi connectivity index (χ0v) is 10.0. The maximum Gasteiger partial charge on any atom is 0.155 e. The molecule has 0 bridgehead atoms. The van der Waals surface area contributed by atoms with E-state index in [-0.39, 0.29) is 0 Å². The first-order chi connectivity index (χ1) is 7.63. The van der Waals surface area contributed by atoms with Crippen molar-refractivity contribution in [2.45, 2.75) is 20.3 Å². The van der Waals surface area contributed by atoms with Gasteiger partial charge in [0.25, 0.3) is 0 Å². The summed E-state index contributed by atoms with van der Waals surface area (Å²) < 4.78 is 1.80. The molecule has 4 heteroatoms. The summed E-state index contributed by atoms with van der Waals surface area (Å²) >= 11 is 0. The third-order valence-corrected chi connectivity index (χ3v) is 3.09. The third-order valence-electron chi connectivity index (χ3n) is 3.09. The molecule has 0 saturated carbocycles. The van der Waals surface area contributed by atoms with E-state index in [0.717, 1.165) is 42.9 Å². The lowest BCUT2D eigenvalue weighted by atomic mass is 10.1. The van der Waals surface area contributed by atoms with Crippen molar-refractivity contribution in [2.75, 3.05) is 18.0 Å². The number of hydrogen-bond donors (Lipinski definition) is 0. The molecule has 1 aromatic rings. The Morgan fingerprint density at radius 1 is 1.44 bits per heavy atom. The second-order valence-corrected chi connectivity index (χ2v) is 4.31. The standard InChI is InChI=1S/C12H17N3O/c1-9-4-6-15(7-5-9)12-11(8-16)10(2)13-14(12)3/h4,8H,5-7H2,1-3H3.